The number of ether oxygens (including phenoxy) is 2. The molecule has 2 N–H and O–H groups in total. The summed E-state index contributed by atoms with van der Waals surface area (Å²) < 4.78 is 10.7. The Morgan fingerprint density at radius 3 is 2.81 bits per heavy atom. The number of nitrogens with one attached hydrogen (secondary N) is 2. The summed E-state index contributed by atoms with van der Waals surface area (Å²) in [5.41, 5.74) is 0.872. The average molecular weight is 507 g/mol. The topological polar surface area (TPSA) is 135 Å². The third-order valence-corrected chi connectivity index (χ3v) is 5.83. The molecule has 0 bridgehead atoms. The highest BCUT2D eigenvalue weighted by Crippen LogP contribution is 2.24. The third kappa shape index (κ3) is 7.26. The van der Waals surface area contributed by atoms with Crippen LogP contribution in [0, 0.1) is 0 Å². The number of carbonyl (C=O) groups excluding carboxylic acids is 2. The molecule has 3 aromatic rings. The van der Waals surface area contributed by atoms with Crippen LogP contribution in [0.1, 0.15) is 25.3 Å². The van der Waals surface area contributed by atoms with Crippen molar-refractivity contribution in [2.24, 2.45) is 0 Å². The molecule has 1 atom stereocenters. The maximum Gasteiger partial charge on any atom is 0.412 e. The number of amides is 3. The number of anilines is 2. The van der Waals surface area contributed by atoms with Crippen molar-refractivity contribution in [2.45, 2.75) is 32.4 Å². The molecule has 1 aliphatic heterocycles. The molecule has 12 heteroatoms. The van der Waals surface area contributed by atoms with Gasteiger partial charge in [-0.1, -0.05) is 6.07 Å². The lowest BCUT2D eigenvalue weighted by Gasteiger charge is -2.38. The molecule has 194 valence electrons. The summed E-state index contributed by atoms with van der Waals surface area (Å²) in [5.74, 6) is 1.81. The standard InChI is InChI=1S/C25H30N8O4/c1-3-36-23-16-28-21(15-29-23)31-24(34)32(2)19-7-5-11-33(17-19)22-12-20(8-10-27-22)37-25(35)30-14-18-6-4-9-26-13-18/h4,6,8-10,12-13,15-16,19H,3,5,7,11,14,17H2,1-2H3,(H,30,35)(H,28,31,34)/t19-/m1/s1. The number of hydrogen-bond donors (Lipinski definition) is 2. The molecule has 3 amide bonds. The second-order valence-electron chi connectivity index (χ2n) is 8.41. The van der Waals surface area contributed by atoms with Crippen LogP contribution in [0.15, 0.2) is 55.2 Å². The van der Waals surface area contributed by atoms with E-state index in [-0.39, 0.29) is 12.1 Å². The summed E-state index contributed by atoms with van der Waals surface area (Å²) in [6, 6.07) is 6.71. The molecule has 0 aromatic carbocycles. The van der Waals surface area contributed by atoms with E-state index in [2.05, 4.69) is 35.5 Å². The van der Waals surface area contributed by atoms with Crippen molar-refractivity contribution >= 4 is 23.8 Å². The van der Waals surface area contributed by atoms with Gasteiger partial charge in [-0.25, -0.2) is 24.5 Å². The van der Waals surface area contributed by atoms with E-state index < -0.39 is 6.09 Å². The molecule has 12 nitrogen and oxygen atoms in total. The van der Waals surface area contributed by atoms with E-state index in [1.54, 1.807) is 48.7 Å². The molecule has 0 aliphatic carbocycles. The van der Waals surface area contributed by atoms with Crippen molar-refractivity contribution in [2.75, 3.05) is 37.0 Å². The van der Waals surface area contributed by atoms with Crippen molar-refractivity contribution in [3.05, 3.63) is 60.8 Å². The van der Waals surface area contributed by atoms with E-state index in [1.165, 1.54) is 12.4 Å². The van der Waals surface area contributed by atoms with Gasteiger partial charge >= 0.3 is 12.1 Å². The summed E-state index contributed by atoms with van der Waals surface area (Å²) in [4.78, 5) is 45.6. The van der Waals surface area contributed by atoms with Gasteiger partial charge in [0, 0.05) is 51.3 Å². The highest BCUT2D eigenvalue weighted by atomic mass is 16.6. The fourth-order valence-electron chi connectivity index (χ4n) is 3.90. The molecule has 4 rings (SSSR count). The van der Waals surface area contributed by atoms with Crippen LogP contribution in [-0.2, 0) is 6.54 Å². The molecule has 1 fully saturated rings. The number of hydrogen-bond acceptors (Lipinski definition) is 9. The lowest BCUT2D eigenvalue weighted by Crippen LogP contribution is -2.50. The monoisotopic (exact) mass is 506 g/mol. The first-order chi connectivity index (χ1) is 18.0. The fourth-order valence-corrected chi connectivity index (χ4v) is 3.90. The summed E-state index contributed by atoms with van der Waals surface area (Å²) in [6.45, 7) is 4.03. The number of piperidine rings is 1. The highest BCUT2D eigenvalue weighted by Gasteiger charge is 2.27. The Kier molecular flexibility index (Phi) is 8.63. The minimum absolute atomic E-state index is 0.0430. The second kappa shape index (κ2) is 12.5. The first kappa shape index (κ1) is 25.6. The van der Waals surface area contributed by atoms with Gasteiger partial charge in [-0.05, 0) is 37.5 Å². The Bertz CT molecular complexity index is 1180. The number of urea groups is 1. The molecule has 1 saturated heterocycles. The number of carbonyl (C=O) groups is 2. The zero-order valence-corrected chi connectivity index (χ0v) is 20.8. The summed E-state index contributed by atoms with van der Waals surface area (Å²) in [5, 5.41) is 5.48. The van der Waals surface area contributed by atoms with Crippen molar-refractivity contribution in [1.29, 1.82) is 0 Å². The normalized spacial score (nSPS) is 15.0. The van der Waals surface area contributed by atoms with Crippen molar-refractivity contribution in [3.63, 3.8) is 0 Å². The van der Waals surface area contributed by atoms with Crippen LogP contribution in [0.4, 0.5) is 21.2 Å². The number of pyridine rings is 2. The van der Waals surface area contributed by atoms with Gasteiger partial charge in [0.1, 0.15) is 11.6 Å². The van der Waals surface area contributed by atoms with Crippen LogP contribution in [0.25, 0.3) is 0 Å². The zero-order valence-electron chi connectivity index (χ0n) is 20.8. The van der Waals surface area contributed by atoms with Crippen LogP contribution in [0.5, 0.6) is 11.6 Å². The maximum absolute atomic E-state index is 12.8. The SMILES string of the molecule is CCOc1cnc(NC(=O)N(C)[C@@H]2CCCN(c3cc(OC(=O)NCc4cccnc4)ccn3)C2)cn1. The smallest absolute Gasteiger partial charge is 0.412 e. The number of rotatable bonds is 8. The summed E-state index contributed by atoms with van der Waals surface area (Å²) in [6.07, 6.45) is 9.06. The minimum Gasteiger partial charge on any atom is -0.477 e. The zero-order chi connectivity index (χ0) is 26.0. The third-order valence-electron chi connectivity index (χ3n) is 5.83. The Labute approximate surface area is 215 Å². The molecule has 0 unspecified atom stereocenters. The quantitative estimate of drug-likeness (QED) is 0.472. The maximum atomic E-state index is 12.8. The Hall–Kier alpha value is -4.48. The van der Waals surface area contributed by atoms with Gasteiger partial charge in [0.2, 0.25) is 5.88 Å². The molecule has 37 heavy (non-hydrogen) atoms. The molecule has 4 heterocycles. The molecule has 1 aliphatic rings. The Morgan fingerprint density at radius 2 is 2.05 bits per heavy atom. The van der Waals surface area contributed by atoms with Crippen LogP contribution in [0.2, 0.25) is 0 Å². The van der Waals surface area contributed by atoms with Gasteiger partial charge in [0.25, 0.3) is 0 Å². The van der Waals surface area contributed by atoms with E-state index in [4.69, 9.17) is 9.47 Å². The van der Waals surface area contributed by atoms with Crippen molar-refractivity contribution in [3.8, 4) is 11.6 Å². The van der Waals surface area contributed by atoms with Crippen LogP contribution >= 0.6 is 0 Å². The van der Waals surface area contributed by atoms with Crippen LogP contribution in [0.3, 0.4) is 0 Å². The molecule has 0 saturated carbocycles. The molecule has 0 radical (unpaired) electrons. The van der Waals surface area contributed by atoms with Gasteiger partial charge in [0.05, 0.1) is 25.0 Å². The van der Waals surface area contributed by atoms with Gasteiger partial charge in [-0.2, -0.15) is 0 Å². The van der Waals surface area contributed by atoms with E-state index in [1.807, 2.05) is 13.0 Å². The second-order valence-corrected chi connectivity index (χ2v) is 8.41. The van der Waals surface area contributed by atoms with E-state index in [0.717, 1.165) is 24.9 Å². The first-order valence-electron chi connectivity index (χ1n) is 12.1. The predicted octanol–water partition coefficient (Wildman–Crippen LogP) is 3.09. The van der Waals surface area contributed by atoms with E-state index in [9.17, 15) is 9.59 Å². The predicted molar refractivity (Wildman–Crippen MR) is 137 cm³/mol. The van der Waals surface area contributed by atoms with Crippen molar-refractivity contribution in [1.82, 2.24) is 30.2 Å². The average Bonchev–Trinajstić information content (AvgIpc) is 2.93. The molecular formula is C25H30N8O4. The summed E-state index contributed by atoms with van der Waals surface area (Å²) >= 11 is 0. The molecule has 3 aromatic heterocycles. The van der Waals surface area contributed by atoms with Crippen molar-refractivity contribution < 1.29 is 19.1 Å². The Balaban J connectivity index is 1.31. The van der Waals surface area contributed by atoms with Gasteiger partial charge in [0.15, 0.2) is 5.82 Å². The molecular weight excluding hydrogens is 476 g/mol. The molecule has 0 spiro atoms. The van der Waals surface area contributed by atoms with Crippen LogP contribution in [-0.4, -0.2) is 69.7 Å². The van der Waals surface area contributed by atoms with Gasteiger partial charge < -0.3 is 24.6 Å². The van der Waals surface area contributed by atoms with E-state index >= 15 is 0 Å². The lowest BCUT2D eigenvalue weighted by molar-refractivity contribution is 0.195. The minimum atomic E-state index is -0.564. The number of nitrogens with zero attached hydrogens (tertiary/aromatic N) is 6. The van der Waals surface area contributed by atoms with E-state index in [0.29, 0.717) is 43.0 Å². The lowest BCUT2D eigenvalue weighted by atomic mass is 10.0. The summed E-state index contributed by atoms with van der Waals surface area (Å²) in [7, 11) is 1.76. The number of likely N-dealkylation sites (N-methyl/N-ethyl adjacent to an activating group) is 1. The van der Waals surface area contributed by atoms with Gasteiger partial charge in [-0.3, -0.25) is 10.3 Å². The van der Waals surface area contributed by atoms with Crippen LogP contribution < -0.4 is 25.0 Å². The van der Waals surface area contributed by atoms with Gasteiger partial charge in [-0.15, -0.1) is 0 Å². The first-order valence-corrected chi connectivity index (χ1v) is 12.1. The largest absolute Gasteiger partial charge is 0.477 e. The highest BCUT2D eigenvalue weighted by molar-refractivity contribution is 5.88. The Morgan fingerprint density at radius 1 is 1.16 bits per heavy atom. The fraction of sp³-hybridized carbons (Fsp3) is 0.360. The number of aromatic nitrogens is 4.